The lowest BCUT2D eigenvalue weighted by molar-refractivity contribution is -0.114. The summed E-state index contributed by atoms with van der Waals surface area (Å²) in [7, 11) is 1.46. The Hall–Kier alpha value is -3.28. The van der Waals surface area contributed by atoms with E-state index in [1.807, 2.05) is 0 Å². The predicted octanol–water partition coefficient (Wildman–Crippen LogP) is 2.12. The van der Waals surface area contributed by atoms with E-state index < -0.39 is 11.8 Å². The second-order valence-electron chi connectivity index (χ2n) is 4.92. The number of benzene rings is 2. The van der Waals surface area contributed by atoms with Crippen molar-refractivity contribution >= 4 is 23.1 Å². The average Bonchev–Trinajstić information content (AvgIpc) is 2.55. The van der Waals surface area contributed by atoms with E-state index in [9.17, 15) is 14.7 Å². The SMILES string of the molecule is COc1ccc(N/C=C2\C(=O)NC(=O)c3ccccc32)cc1O. The van der Waals surface area contributed by atoms with Crippen LogP contribution in [0.25, 0.3) is 5.57 Å². The van der Waals surface area contributed by atoms with Crippen LogP contribution in [0.4, 0.5) is 5.69 Å². The molecule has 3 N–H and O–H groups in total. The fourth-order valence-electron chi connectivity index (χ4n) is 2.35. The van der Waals surface area contributed by atoms with Gasteiger partial charge in [0.25, 0.3) is 11.8 Å². The normalized spacial score (nSPS) is 15.1. The standard InChI is InChI=1S/C17H14N2O4/c1-23-15-7-6-10(8-14(15)20)18-9-13-11-4-2-3-5-12(11)16(21)19-17(13)22/h2-9,18,20H,1H3,(H,19,21,22)/b13-9-. The van der Waals surface area contributed by atoms with Crippen LogP contribution in [-0.2, 0) is 4.79 Å². The molecule has 0 aliphatic carbocycles. The summed E-state index contributed by atoms with van der Waals surface area (Å²) in [5, 5.41) is 15.0. The minimum Gasteiger partial charge on any atom is -0.504 e. The summed E-state index contributed by atoms with van der Waals surface area (Å²) in [5.74, 6) is -0.544. The number of carbonyl (C=O) groups excluding carboxylic acids is 2. The van der Waals surface area contributed by atoms with Crippen LogP contribution in [0.15, 0.2) is 48.7 Å². The summed E-state index contributed by atoms with van der Waals surface area (Å²) < 4.78 is 4.97. The van der Waals surface area contributed by atoms with Gasteiger partial charge < -0.3 is 15.2 Å². The summed E-state index contributed by atoms with van der Waals surface area (Å²) in [6.45, 7) is 0. The molecule has 6 heteroatoms. The van der Waals surface area contributed by atoms with Crippen molar-refractivity contribution in [2.24, 2.45) is 0 Å². The first-order valence-electron chi connectivity index (χ1n) is 6.89. The summed E-state index contributed by atoms with van der Waals surface area (Å²) in [6.07, 6.45) is 1.50. The molecule has 0 bridgehead atoms. The van der Waals surface area contributed by atoms with Gasteiger partial charge in [0, 0.05) is 29.1 Å². The highest BCUT2D eigenvalue weighted by atomic mass is 16.5. The molecule has 2 aromatic carbocycles. The number of hydrogen-bond donors (Lipinski definition) is 3. The number of fused-ring (bicyclic) bond motifs is 1. The van der Waals surface area contributed by atoms with Gasteiger partial charge in [0.15, 0.2) is 11.5 Å². The number of imide groups is 1. The number of phenolic OH excluding ortho intramolecular Hbond substituents is 1. The van der Waals surface area contributed by atoms with E-state index >= 15 is 0 Å². The summed E-state index contributed by atoms with van der Waals surface area (Å²) in [6, 6.07) is 11.7. The maximum atomic E-state index is 12.0. The van der Waals surface area contributed by atoms with Crippen molar-refractivity contribution in [3.8, 4) is 11.5 Å². The average molecular weight is 310 g/mol. The number of methoxy groups -OCH3 is 1. The first-order valence-corrected chi connectivity index (χ1v) is 6.89. The predicted molar refractivity (Wildman–Crippen MR) is 85.2 cm³/mol. The first-order chi connectivity index (χ1) is 11.1. The van der Waals surface area contributed by atoms with Crippen LogP contribution >= 0.6 is 0 Å². The van der Waals surface area contributed by atoms with E-state index in [2.05, 4.69) is 10.6 Å². The number of hydrogen-bond acceptors (Lipinski definition) is 5. The number of aromatic hydroxyl groups is 1. The Morgan fingerprint density at radius 3 is 2.52 bits per heavy atom. The van der Waals surface area contributed by atoms with Gasteiger partial charge in [-0.1, -0.05) is 18.2 Å². The van der Waals surface area contributed by atoms with Crippen molar-refractivity contribution in [1.82, 2.24) is 5.32 Å². The molecule has 0 saturated carbocycles. The maximum absolute atomic E-state index is 12.0. The van der Waals surface area contributed by atoms with Gasteiger partial charge in [-0.3, -0.25) is 14.9 Å². The number of ether oxygens (including phenoxy) is 1. The highest BCUT2D eigenvalue weighted by Crippen LogP contribution is 2.29. The number of rotatable bonds is 3. The smallest absolute Gasteiger partial charge is 0.260 e. The Morgan fingerprint density at radius 1 is 1.09 bits per heavy atom. The Morgan fingerprint density at radius 2 is 1.83 bits per heavy atom. The van der Waals surface area contributed by atoms with Crippen molar-refractivity contribution in [3.05, 3.63) is 59.8 Å². The Kier molecular flexibility index (Phi) is 3.72. The zero-order valence-electron chi connectivity index (χ0n) is 12.3. The molecule has 0 saturated heterocycles. The largest absolute Gasteiger partial charge is 0.504 e. The Bertz CT molecular complexity index is 827. The van der Waals surface area contributed by atoms with Crippen molar-refractivity contribution in [1.29, 1.82) is 0 Å². The maximum Gasteiger partial charge on any atom is 0.260 e. The van der Waals surface area contributed by atoms with Gasteiger partial charge in [-0.25, -0.2) is 0 Å². The highest BCUT2D eigenvalue weighted by molar-refractivity contribution is 6.31. The molecule has 0 aromatic heterocycles. The van der Waals surface area contributed by atoms with Gasteiger partial charge >= 0.3 is 0 Å². The second-order valence-corrected chi connectivity index (χ2v) is 4.92. The summed E-state index contributed by atoms with van der Waals surface area (Å²) in [5.41, 5.74) is 1.93. The van der Waals surface area contributed by atoms with Gasteiger partial charge in [0.1, 0.15) is 0 Å². The molecular formula is C17H14N2O4. The zero-order chi connectivity index (χ0) is 16.4. The number of anilines is 1. The van der Waals surface area contributed by atoms with E-state index in [-0.39, 0.29) is 5.75 Å². The molecule has 0 spiro atoms. The van der Waals surface area contributed by atoms with Crippen molar-refractivity contribution in [3.63, 3.8) is 0 Å². The lowest BCUT2D eigenvalue weighted by atomic mass is 9.96. The van der Waals surface area contributed by atoms with Gasteiger partial charge in [-0.15, -0.1) is 0 Å². The minimum atomic E-state index is -0.473. The van der Waals surface area contributed by atoms with Crippen LogP contribution in [0, 0.1) is 0 Å². The first kappa shape index (κ1) is 14.6. The van der Waals surface area contributed by atoms with E-state index in [4.69, 9.17) is 4.74 Å². The van der Waals surface area contributed by atoms with Gasteiger partial charge in [-0.2, -0.15) is 0 Å². The number of amides is 2. The molecule has 6 nitrogen and oxygen atoms in total. The highest BCUT2D eigenvalue weighted by Gasteiger charge is 2.26. The van der Waals surface area contributed by atoms with Crippen LogP contribution in [0.2, 0.25) is 0 Å². The molecule has 1 aliphatic rings. The number of carbonyl (C=O) groups is 2. The Labute approximate surface area is 132 Å². The van der Waals surface area contributed by atoms with E-state index in [0.717, 1.165) is 0 Å². The van der Waals surface area contributed by atoms with Crippen LogP contribution < -0.4 is 15.4 Å². The molecule has 116 valence electrons. The zero-order valence-corrected chi connectivity index (χ0v) is 12.3. The quantitative estimate of drug-likeness (QED) is 0.597. The molecule has 3 rings (SSSR count). The van der Waals surface area contributed by atoms with Crippen LogP contribution in [-0.4, -0.2) is 24.0 Å². The third kappa shape index (κ3) is 2.74. The molecule has 23 heavy (non-hydrogen) atoms. The van der Waals surface area contributed by atoms with Gasteiger partial charge in [0.05, 0.1) is 12.7 Å². The monoisotopic (exact) mass is 310 g/mol. The topological polar surface area (TPSA) is 87.7 Å². The van der Waals surface area contributed by atoms with Crippen LogP contribution in [0.5, 0.6) is 11.5 Å². The molecule has 1 aliphatic heterocycles. The van der Waals surface area contributed by atoms with Crippen molar-refractivity contribution in [2.45, 2.75) is 0 Å². The lowest BCUT2D eigenvalue weighted by Crippen LogP contribution is -2.36. The van der Waals surface area contributed by atoms with Gasteiger partial charge in [0.2, 0.25) is 0 Å². The van der Waals surface area contributed by atoms with Crippen molar-refractivity contribution < 1.29 is 19.4 Å². The molecule has 0 fully saturated rings. The Balaban J connectivity index is 1.93. The summed E-state index contributed by atoms with van der Waals surface area (Å²) in [4.78, 5) is 23.9. The molecule has 1 heterocycles. The summed E-state index contributed by atoms with van der Waals surface area (Å²) >= 11 is 0. The lowest BCUT2D eigenvalue weighted by Gasteiger charge is -2.18. The molecule has 2 amide bonds. The number of nitrogens with one attached hydrogen (secondary N) is 2. The van der Waals surface area contributed by atoms with Gasteiger partial charge in [-0.05, 0) is 18.2 Å². The molecule has 0 atom stereocenters. The third-order valence-corrected chi connectivity index (χ3v) is 3.50. The minimum absolute atomic E-state index is 0.0143. The molecule has 0 radical (unpaired) electrons. The van der Waals surface area contributed by atoms with E-state index in [1.54, 1.807) is 36.4 Å². The fourth-order valence-corrected chi connectivity index (χ4v) is 2.35. The van der Waals surface area contributed by atoms with Crippen LogP contribution in [0.3, 0.4) is 0 Å². The van der Waals surface area contributed by atoms with Crippen molar-refractivity contribution in [2.75, 3.05) is 12.4 Å². The number of phenols is 1. The van der Waals surface area contributed by atoms with Crippen LogP contribution in [0.1, 0.15) is 15.9 Å². The second kappa shape index (κ2) is 5.84. The molecular weight excluding hydrogens is 296 g/mol. The van der Waals surface area contributed by atoms with E-state index in [0.29, 0.717) is 28.1 Å². The third-order valence-electron chi connectivity index (χ3n) is 3.50. The molecule has 0 unspecified atom stereocenters. The fraction of sp³-hybridized carbons (Fsp3) is 0.0588. The van der Waals surface area contributed by atoms with E-state index in [1.165, 1.54) is 19.4 Å². The molecule has 2 aromatic rings.